The van der Waals surface area contributed by atoms with E-state index in [2.05, 4.69) is 187 Å². The number of hydrogen-bond donors (Lipinski definition) is 0. The molecule has 8 aromatic carbocycles. The molecule has 0 fully saturated rings. The predicted molar refractivity (Wildman–Crippen MR) is 238 cm³/mol. The zero-order valence-corrected chi connectivity index (χ0v) is 32.1. The highest BCUT2D eigenvalue weighted by Gasteiger charge is 2.50. The van der Waals surface area contributed by atoms with Gasteiger partial charge in [-0.05, 0) is 73.3 Å². The van der Waals surface area contributed by atoms with Crippen molar-refractivity contribution in [2.24, 2.45) is 0 Å². The summed E-state index contributed by atoms with van der Waals surface area (Å²) < 4.78 is 0. The van der Waals surface area contributed by atoms with Gasteiger partial charge in [0.2, 0.25) is 0 Å². The van der Waals surface area contributed by atoms with Crippen LogP contribution in [0.4, 0.5) is 0 Å². The number of fused-ring (bicyclic) bond motifs is 11. The van der Waals surface area contributed by atoms with Crippen LogP contribution >= 0.6 is 11.8 Å². The van der Waals surface area contributed by atoms with E-state index in [1.54, 1.807) is 0 Å². The molecule has 0 saturated heterocycles. The molecule has 0 amide bonds. The number of nitrogens with zero attached hydrogens (tertiary/aromatic N) is 3. The van der Waals surface area contributed by atoms with Crippen molar-refractivity contribution >= 4 is 33.3 Å². The first kappa shape index (κ1) is 33.0. The molecule has 4 heteroatoms. The summed E-state index contributed by atoms with van der Waals surface area (Å²) in [5.74, 6) is 0.704. The van der Waals surface area contributed by atoms with Crippen LogP contribution in [0.25, 0.3) is 77.7 Å². The lowest BCUT2D eigenvalue weighted by Crippen LogP contribution is -2.32. The Morgan fingerprint density at radius 2 is 0.931 bits per heavy atom. The van der Waals surface area contributed by atoms with Gasteiger partial charge in [-0.3, -0.25) is 4.98 Å². The van der Waals surface area contributed by atoms with Gasteiger partial charge in [-0.15, -0.1) is 0 Å². The zero-order chi connectivity index (χ0) is 38.2. The summed E-state index contributed by atoms with van der Waals surface area (Å²) >= 11 is 1.84. The van der Waals surface area contributed by atoms with Gasteiger partial charge in [0, 0.05) is 49.8 Å². The van der Waals surface area contributed by atoms with Crippen LogP contribution < -0.4 is 0 Å². The molecule has 0 N–H and O–H groups in total. The van der Waals surface area contributed by atoms with E-state index in [0.29, 0.717) is 5.82 Å². The Morgan fingerprint density at radius 1 is 0.362 bits per heavy atom. The fraction of sp³-hybridized carbons (Fsp3) is 0.0185. The van der Waals surface area contributed by atoms with E-state index < -0.39 is 5.41 Å². The molecule has 270 valence electrons. The van der Waals surface area contributed by atoms with Crippen LogP contribution in [0.3, 0.4) is 0 Å². The Bertz CT molecular complexity index is 3220. The summed E-state index contributed by atoms with van der Waals surface area (Å²) in [6, 6.07) is 68.0. The van der Waals surface area contributed by atoms with E-state index >= 15 is 0 Å². The Labute approximate surface area is 340 Å². The lowest BCUT2D eigenvalue weighted by molar-refractivity contribution is 0.723. The van der Waals surface area contributed by atoms with Crippen molar-refractivity contribution < 1.29 is 0 Å². The van der Waals surface area contributed by atoms with Crippen LogP contribution in [-0.4, -0.2) is 15.0 Å². The number of pyridine rings is 1. The van der Waals surface area contributed by atoms with Crippen LogP contribution in [0, 0.1) is 0 Å². The summed E-state index contributed by atoms with van der Waals surface area (Å²) in [6.45, 7) is 0. The van der Waals surface area contributed by atoms with Crippen molar-refractivity contribution in [1.29, 1.82) is 0 Å². The molecule has 0 radical (unpaired) electrons. The molecule has 58 heavy (non-hydrogen) atoms. The lowest BCUT2D eigenvalue weighted by atomic mass is 9.67. The summed E-state index contributed by atoms with van der Waals surface area (Å²) in [6.07, 6.45) is 3.95. The first-order valence-corrected chi connectivity index (χ1v) is 20.5. The Balaban J connectivity index is 1.10. The summed E-state index contributed by atoms with van der Waals surface area (Å²) in [4.78, 5) is 17.7. The topological polar surface area (TPSA) is 38.7 Å². The van der Waals surface area contributed by atoms with Gasteiger partial charge in [0.25, 0.3) is 0 Å². The molecule has 2 aromatic heterocycles. The molecule has 1 spiro atoms. The summed E-state index contributed by atoms with van der Waals surface area (Å²) in [7, 11) is 0. The fourth-order valence-corrected chi connectivity index (χ4v) is 10.8. The maximum absolute atomic E-state index is 5.36. The van der Waals surface area contributed by atoms with Gasteiger partial charge in [-0.1, -0.05) is 182 Å². The molecule has 0 bridgehead atoms. The van der Waals surface area contributed by atoms with Gasteiger partial charge >= 0.3 is 0 Å². The third kappa shape index (κ3) is 4.92. The Kier molecular flexibility index (Phi) is 7.38. The van der Waals surface area contributed by atoms with Crippen LogP contribution in [0.2, 0.25) is 0 Å². The monoisotopic (exact) mass is 755 g/mol. The van der Waals surface area contributed by atoms with Crippen molar-refractivity contribution in [3.63, 3.8) is 0 Å². The maximum Gasteiger partial charge on any atom is 0.160 e. The second kappa shape index (κ2) is 13.0. The Hall–Kier alpha value is -7.14. The third-order valence-electron chi connectivity index (χ3n) is 12.0. The maximum atomic E-state index is 5.36. The molecule has 2 aliphatic rings. The highest BCUT2D eigenvalue weighted by Crippen LogP contribution is 2.62. The molecule has 0 atom stereocenters. The number of benzene rings is 8. The summed E-state index contributed by atoms with van der Waals surface area (Å²) in [5, 5.41) is 4.69. The quantitative estimate of drug-likeness (QED) is 0.179. The average Bonchev–Trinajstić information content (AvgIpc) is 3.59. The van der Waals surface area contributed by atoms with E-state index in [1.165, 1.54) is 59.3 Å². The lowest BCUT2D eigenvalue weighted by Gasteiger charge is -2.40. The van der Waals surface area contributed by atoms with Crippen molar-refractivity contribution in [1.82, 2.24) is 15.0 Å². The minimum atomic E-state index is -0.502. The van der Waals surface area contributed by atoms with E-state index in [4.69, 9.17) is 9.97 Å². The van der Waals surface area contributed by atoms with Crippen molar-refractivity contribution in [3.8, 4) is 56.2 Å². The molecule has 0 unspecified atom stereocenters. The van der Waals surface area contributed by atoms with E-state index in [9.17, 15) is 0 Å². The highest BCUT2D eigenvalue weighted by molar-refractivity contribution is 7.99. The van der Waals surface area contributed by atoms with Gasteiger partial charge in [-0.25, -0.2) is 9.97 Å². The van der Waals surface area contributed by atoms with Gasteiger partial charge in [-0.2, -0.15) is 0 Å². The van der Waals surface area contributed by atoms with E-state index in [1.807, 2.05) is 30.2 Å². The highest BCUT2D eigenvalue weighted by atomic mass is 32.2. The molecular formula is C54H33N3S. The van der Waals surface area contributed by atoms with Crippen molar-refractivity contribution in [3.05, 3.63) is 223 Å². The molecule has 0 saturated carbocycles. The number of rotatable bonds is 4. The Morgan fingerprint density at radius 3 is 1.69 bits per heavy atom. The van der Waals surface area contributed by atoms with E-state index in [0.717, 1.165) is 44.6 Å². The van der Waals surface area contributed by atoms with Gasteiger partial charge in [0.05, 0.1) is 16.8 Å². The molecular weight excluding hydrogens is 723 g/mol. The number of aromatic nitrogens is 3. The minimum Gasteiger partial charge on any atom is -0.263 e. The average molecular weight is 756 g/mol. The van der Waals surface area contributed by atoms with Crippen LogP contribution in [0.5, 0.6) is 0 Å². The third-order valence-corrected chi connectivity index (χ3v) is 13.2. The molecule has 10 aromatic rings. The smallest absolute Gasteiger partial charge is 0.160 e. The normalized spacial score (nSPS) is 13.2. The molecule has 3 nitrogen and oxygen atoms in total. The fourth-order valence-electron chi connectivity index (χ4n) is 9.49. The molecule has 12 rings (SSSR count). The number of hydrogen-bond acceptors (Lipinski definition) is 4. The van der Waals surface area contributed by atoms with Crippen molar-refractivity contribution in [2.45, 2.75) is 15.2 Å². The van der Waals surface area contributed by atoms with Crippen LogP contribution in [0.1, 0.15) is 22.3 Å². The first-order valence-electron chi connectivity index (χ1n) is 19.7. The standard InChI is InChI=1S/C54H33N3S/c1-2-14-35(15-3-1)49-31-50(43-22-12-17-34-13-4-6-18-39(34)43)57-53(56-49)37-26-28-48-52(30-37)58-51-29-36(44-33-55-32-38-16-5-7-19-40(38)44)25-27-47(51)54(48)45-23-10-8-20-41(45)42-21-9-11-24-46(42)54/h1-33H. The zero-order valence-electron chi connectivity index (χ0n) is 31.3. The predicted octanol–water partition coefficient (Wildman–Crippen LogP) is 13.7. The van der Waals surface area contributed by atoms with Crippen LogP contribution in [-0.2, 0) is 5.41 Å². The van der Waals surface area contributed by atoms with Gasteiger partial charge in [0.15, 0.2) is 5.82 Å². The largest absolute Gasteiger partial charge is 0.263 e. The van der Waals surface area contributed by atoms with Crippen LogP contribution in [0.15, 0.2) is 210 Å². The minimum absolute atomic E-state index is 0.502. The molecule has 3 heterocycles. The molecule has 1 aliphatic heterocycles. The van der Waals surface area contributed by atoms with Gasteiger partial charge in [0.1, 0.15) is 0 Å². The van der Waals surface area contributed by atoms with Crippen molar-refractivity contribution in [2.75, 3.05) is 0 Å². The van der Waals surface area contributed by atoms with Gasteiger partial charge < -0.3 is 0 Å². The SMILES string of the molecule is c1ccc(-c2cc(-c3cccc4ccccc34)nc(-c3ccc4c(c3)Sc3cc(-c5cncc6ccccc56)ccc3C43c4ccccc4-c4ccccc43)n2)cc1. The summed E-state index contributed by atoms with van der Waals surface area (Å²) in [5.41, 5.74) is 14.5. The van der Waals surface area contributed by atoms with E-state index in [-0.39, 0.29) is 0 Å². The second-order valence-corrected chi connectivity index (χ2v) is 16.2. The second-order valence-electron chi connectivity index (χ2n) is 15.1. The first-order chi connectivity index (χ1) is 28.7. The molecule has 1 aliphatic carbocycles.